The first-order valence-electron chi connectivity index (χ1n) is 8.89. The van der Waals surface area contributed by atoms with Crippen molar-refractivity contribution in [1.82, 2.24) is 10.0 Å². The Balaban J connectivity index is 1.47. The van der Waals surface area contributed by atoms with E-state index in [1.54, 1.807) is 36.6 Å². The summed E-state index contributed by atoms with van der Waals surface area (Å²) in [6, 6.07) is 13.9. The van der Waals surface area contributed by atoms with Gasteiger partial charge in [-0.3, -0.25) is 4.79 Å². The first kappa shape index (κ1) is 17.8. The lowest BCUT2D eigenvalue weighted by Crippen LogP contribution is -2.26. The lowest BCUT2D eigenvalue weighted by atomic mass is 10.1. The number of amides is 1. The van der Waals surface area contributed by atoms with Gasteiger partial charge in [0.1, 0.15) is 5.58 Å². The second-order valence-corrected chi connectivity index (χ2v) is 8.40. The van der Waals surface area contributed by atoms with Crippen molar-refractivity contribution >= 4 is 26.9 Å². The Hall–Kier alpha value is -2.64. The van der Waals surface area contributed by atoms with Crippen molar-refractivity contribution in [1.29, 1.82) is 0 Å². The third-order valence-corrected chi connectivity index (χ3v) is 6.07. The van der Waals surface area contributed by atoms with E-state index in [9.17, 15) is 13.2 Å². The molecule has 3 aromatic rings. The molecule has 1 aliphatic rings. The second-order valence-electron chi connectivity index (χ2n) is 6.69. The summed E-state index contributed by atoms with van der Waals surface area (Å²) in [5.41, 5.74) is 2.10. The Morgan fingerprint density at radius 2 is 1.89 bits per heavy atom. The highest BCUT2D eigenvalue weighted by Gasteiger charge is 2.28. The fourth-order valence-corrected chi connectivity index (χ4v) is 4.24. The maximum atomic E-state index is 12.4. The van der Waals surface area contributed by atoms with Crippen molar-refractivity contribution in [3.05, 3.63) is 65.9 Å². The number of nitrogens with one attached hydrogen (secondary N) is 2. The van der Waals surface area contributed by atoms with E-state index < -0.39 is 10.0 Å². The molecule has 2 aromatic carbocycles. The topological polar surface area (TPSA) is 88.4 Å². The molecular formula is C20H20N2O4S. The van der Waals surface area contributed by atoms with Crippen LogP contribution in [0.2, 0.25) is 0 Å². The van der Waals surface area contributed by atoms with Crippen LogP contribution in [0.3, 0.4) is 0 Å². The zero-order valence-corrected chi connectivity index (χ0v) is 15.5. The molecule has 1 aliphatic carbocycles. The molecule has 27 heavy (non-hydrogen) atoms. The Morgan fingerprint density at radius 1 is 1.11 bits per heavy atom. The lowest BCUT2D eigenvalue weighted by molar-refractivity contribution is 0.0954. The van der Waals surface area contributed by atoms with E-state index in [4.69, 9.17) is 4.42 Å². The molecule has 0 aliphatic heterocycles. The predicted molar refractivity (Wildman–Crippen MR) is 102 cm³/mol. The Morgan fingerprint density at radius 3 is 2.63 bits per heavy atom. The van der Waals surface area contributed by atoms with Gasteiger partial charge in [0.05, 0.1) is 11.2 Å². The number of hydrogen-bond donors (Lipinski definition) is 2. The molecule has 6 nitrogen and oxygen atoms in total. The first-order chi connectivity index (χ1) is 13.0. The molecule has 2 N–H and O–H groups in total. The van der Waals surface area contributed by atoms with Crippen molar-refractivity contribution in [3.63, 3.8) is 0 Å². The van der Waals surface area contributed by atoms with Crippen LogP contribution in [0.15, 0.2) is 64.1 Å². The molecule has 140 valence electrons. The molecule has 1 aromatic heterocycles. The van der Waals surface area contributed by atoms with Crippen LogP contribution in [-0.4, -0.2) is 26.9 Å². The number of fused-ring (bicyclic) bond motifs is 1. The molecule has 1 heterocycles. The Labute approximate surface area is 157 Å². The van der Waals surface area contributed by atoms with Crippen molar-refractivity contribution in [2.45, 2.75) is 30.2 Å². The summed E-state index contributed by atoms with van der Waals surface area (Å²) >= 11 is 0. The van der Waals surface area contributed by atoms with Crippen molar-refractivity contribution in [3.8, 4) is 0 Å². The van der Waals surface area contributed by atoms with Crippen LogP contribution in [0.25, 0.3) is 11.0 Å². The molecule has 0 unspecified atom stereocenters. The van der Waals surface area contributed by atoms with Gasteiger partial charge >= 0.3 is 0 Å². The van der Waals surface area contributed by atoms with Gasteiger partial charge in [-0.05, 0) is 55.2 Å². The minimum Gasteiger partial charge on any atom is -0.464 e. The highest BCUT2D eigenvalue weighted by molar-refractivity contribution is 7.89. The minimum atomic E-state index is -3.51. The summed E-state index contributed by atoms with van der Waals surface area (Å²) in [5, 5.41) is 3.62. The van der Waals surface area contributed by atoms with Gasteiger partial charge in [-0.25, -0.2) is 13.1 Å². The number of rotatable bonds is 7. The summed E-state index contributed by atoms with van der Waals surface area (Å²) in [6.07, 6.45) is 3.94. The fourth-order valence-electron chi connectivity index (χ4n) is 2.91. The van der Waals surface area contributed by atoms with Gasteiger partial charge < -0.3 is 9.73 Å². The minimum absolute atomic E-state index is 0.0581. The molecule has 4 rings (SSSR count). The van der Waals surface area contributed by atoms with Gasteiger partial charge in [-0.1, -0.05) is 18.2 Å². The van der Waals surface area contributed by atoms with Gasteiger partial charge in [0, 0.05) is 23.5 Å². The van der Waals surface area contributed by atoms with E-state index in [1.165, 1.54) is 0 Å². The monoisotopic (exact) mass is 384 g/mol. The van der Waals surface area contributed by atoms with Crippen LogP contribution in [0.5, 0.6) is 0 Å². The third kappa shape index (κ3) is 4.04. The largest absolute Gasteiger partial charge is 0.464 e. The van der Waals surface area contributed by atoms with Crippen molar-refractivity contribution in [2.24, 2.45) is 0 Å². The zero-order valence-electron chi connectivity index (χ0n) is 14.6. The third-order valence-electron chi connectivity index (χ3n) is 4.55. The molecule has 0 saturated heterocycles. The standard InChI is InChI=1S/C20H20N2O4S/c23-20(14-4-2-1-3-5-14)21-11-10-15-13-26-19-9-8-17(12-18(15)19)27(24,25)22-16-6-7-16/h1-5,8-9,12-13,16,22H,6-7,10-11H2,(H,21,23). The number of sulfonamides is 1. The number of carbonyl (C=O) groups is 1. The van der Waals surface area contributed by atoms with E-state index in [0.717, 1.165) is 23.8 Å². The molecule has 0 atom stereocenters. The maximum absolute atomic E-state index is 12.4. The molecule has 0 spiro atoms. The fraction of sp³-hybridized carbons (Fsp3) is 0.250. The Bertz CT molecular complexity index is 1070. The molecule has 1 amide bonds. The number of furan rings is 1. The van der Waals surface area contributed by atoms with E-state index in [1.807, 2.05) is 18.2 Å². The van der Waals surface area contributed by atoms with Gasteiger partial charge in [0.2, 0.25) is 10.0 Å². The van der Waals surface area contributed by atoms with Crippen LogP contribution in [-0.2, 0) is 16.4 Å². The quantitative estimate of drug-likeness (QED) is 0.656. The van der Waals surface area contributed by atoms with Crippen molar-refractivity contribution in [2.75, 3.05) is 6.54 Å². The molecule has 7 heteroatoms. The van der Waals surface area contributed by atoms with Gasteiger partial charge in [0.25, 0.3) is 5.91 Å². The average Bonchev–Trinajstić information content (AvgIpc) is 3.39. The second kappa shape index (κ2) is 7.17. The zero-order chi connectivity index (χ0) is 18.9. The van der Waals surface area contributed by atoms with Gasteiger partial charge in [-0.2, -0.15) is 0 Å². The summed E-state index contributed by atoms with van der Waals surface area (Å²) < 4.78 is 33.1. The van der Waals surface area contributed by atoms with Gasteiger partial charge in [0.15, 0.2) is 0 Å². The van der Waals surface area contributed by atoms with E-state index in [-0.39, 0.29) is 16.8 Å². The van der Waals surface area contributed by atoms with E-state index in [0.29, 0.717) is 24.1 Å². The van der Waals surface area contributed by atoms with Crippen LogP contribution in [0.4, 0.5) is 0 Å². The molecule has 0 bridgehead atoms. The predicted octanol–water partition coefficient (Wildman–Crippen LogP) is 2.85. The van der Waals surface area contributed by atoms with Crippen LogP contribution < -0.4 is 10.0 Å². The van der Waals surface area contributed by atoms with Gasteiger partial charge in [-0.15, -0.1) is 0 Å². The first-order valence-corrected chi connectivity index (χ1v) is 10.4. The molecule has 1 saturated carbocycles. The van der Waals surface area contributed by atoms with Crippen LogP contribution >= 0.6 is 0 Å². The Kier molecular flexibility index (Phi) is 4.72. The van der Waals surface area contributed by atoms with Crippen LogP contribution in [0.1, 0.15) is 28.8 Å². The molecular weight excluding hydrogens is 364 g/mol. The molecule has 1 fully saturated rings. The number of hydrogen-bond acceptors (Lipinski definition) is 4. The summed E-state index contributed by atoms with van der Waals surface area (Å²) in [6.45, 7) is 0.430. The highest BCUT2D eigenvalue weighted by Crippen LogP contribution is 2.27. The van der Waals surface area contributed by atoms with E-state index in [2.05, 4.69) is 10.0 Å². The van der Waals surface area contributed by atoms with Crippen LogP contribution in [0, 0.1) is 0 Å². The van der Waals surface area contributed by atoms with Crippen molar-refractivity contribution < 1.29 is 17.6 Å². The average molecular weight is 384 g/mol. The maximum Gasteiger partial charge on any atom is 0.251 e. The number of benzene rings is 2. The summed E-state index contributed by atoms with van der Waals surface area (Å²) in [7, 11) is -3.51. The summed E-state index contributed by atoms with van der Waals surface area (Å²) in [4.78, 5) is 12.3. The smallest absolute Gasteiger partial charge is 0.251 e. The van der Waals surface area contributed by atoms with E-state index >= 15 is 0 Å². The lowest BCUT2D eigenvalue weighted by Gasteiger charge is -2.06. The molecule has 0 radical (unpaired) electrons. The SMILES string of the molecule is O=C(NCCc1coc2ccc(S(=O)(=O)NC3CC3)cc12)c1ccccc1. The summed E-state index contributed by atoms with van der Waals surface area (Å²) in [5.74, 6) is -0.139. The number of carbonyl (C=O) groups excluding carboxylic acids is 1. The highest BCUT2D eigenvalue weighted by atomic mass is 32.2. The normalized spacial score (nSPS) is 14.4.